The van der Waals surface area contributed by atoms with Crippen molar-refractivity contribution >= 4 is 0 Å². The number of terminal acetylenes is 1. The average molecular weight is 214 g/mol. The summed E-state index contributed by atoms with van der Waals surface area (Å²) in [4.78, 5) is 6.66. The van der Waals surface area contributed by atoms with E-state index in [-0.39, 0.29) is 0 Å². The van der Waals surface area contributed by atoms with Crippen LogP contribution in [0.5, 0.6) is 0 Å². The van der Waals surface area contributed by atoms with Gasteiger partial charge in [0.15, 0.2) is 0 Å². The van der Waals surface area contributed by atoms with Crippen LogP contribution in [-0.4, -0.2) is 23.0 Å². The van der Waals surface area contributed by atoms with Gasteiger partial charge in [-0.1, -0.05) is 12.0 Å². The van der Waals surface area contributed by atoms with Crippen LogP contribution in [0.2, 0.25) is 0 Å². The molecule has 0 atom stereocenters. The van der Waals surface area contributed by atoms with Crippen LogP contribution in [0.1, 0.15) is 24.1 Å². The third-order valence-electron chi connectivity index (χ3n) is 3.04. The zero-order valence-corrected chi connectivity index (χ0v) is 9.82. The van der Waals surface area contributed by atoms with Gasteiger partial charge in [0, 0.05) is 25.0 Å². The Hall–Kier alpha value is -1.33. The molecule has 2 nitrogen and oxygen atoms in total. The lowest BCUT2D eigenvalue weighted by Crippen LogP contribution is -2.26. The predicted octanol–water partition coefficient (Wildman–Crippen LogP) is 2.24. The number of aryl methyl sites for hydroxylation is 1. The molecule has 2 heteroatoms. The molecule has 0 aromatic carbocycles. The quantitative estimate of drug-likeness (QED) is 0.699. The van der Waals surface area contributed by atoms with E-state index in [1.54, 1.807) is 0 Å². The van der Waals surface area contributed by atoms with Gasteiger partial charge in [-0.05, 0) is 37.3 Å². The van der Waals surface area contributed by atoms with E-state index in [0.717, 1.165) is 31.2 Å². The van der Waals surface area contributed by atoms with Crippen LogP contribution in [-0.2, 0) is 6.54 Å². The Bertz CT molecular complexity index is 388. The van der Waals surface area contributed by atoms with E-state index in [1.807, 2.05) is 12.3 Å². The van der Waals surface area contributed by atoms with E-state index in [2.05, 4.69) is 28.8 Å². The molecule has 0 saturated heterocycles. The summed E-state index contributed by atoms with van der Waals surface area (Å²) in [6, 6.07) is 4.13. The highest BCUT2D eigenvalue weighted by Crippen LogP contribution is 2.30. The number of aromatic nitrogens is 1. The zero-order chi connectivity index (χ0) is 11.4. The monoisotopic (exact) mass is 214 g/mol. The summed E-state index contributed by atoms with van der Waals surface area (Å²) in [7, 11) is 0. The first-order valence-electron chi connectivity index (χ1n) is 5.86. The van der Waals surface area contributed by atoms with Crippen LogP contribution in [0.15, 0.2) is 18.3 Å². The molecule has 1 aromatic heterocycles. The summed E-state index contributed by atoms with van der Waals surface area (Å²) in [5.74, 6) is 3.63. The van der Waals surface area contributed by atoms with Crippen LogP contribution >= 0.6 is 0 Å². The first-order valence-corrected chi connectivity index (χ1v) is 5.86. The number of rotatable bonds is 5. The van der Waals surface area contributed by atoms with E-state index in [9.17, 15) is 0 Å². The highest BCUT2D eigenvalue weighted by molar-refractivity contribution is 5.18. The van der Waals surface area contributed by atoms with Gasteiger partial charge in [0.05, 0.1) is 6.54 Å². The van der Waals surface area contributed by atoms with Gasteiger partial charge in [-0.2, -0.15) is 0 Å². The molecule has 0 bridgehead atoms. The van der Waals surface area contributed by atoms with Crippen LogP contribution < -0.4 is 0 Å². The number of nitrogens with zero attached hydrogens (tertiary/aromatic N) is 2. The molecule has 0 spiro atoms. The summed E-state index contributed by atoms with van der Waals surface area (Å²) < 4.78 is 0. The number of hydrogen-bond donors (Lipinski definition) is 0. The summed E-state index contributed by atoms with van der Waals surface area (Å²) in [5, 5.41) is 0. The SMILES string of the molecule is C#CCN(Cc1cccnc1C)CC1CC1. The molecule has 0 amide bonds. The molecular weight excluding hydrogens is 196 g/mol. The third-order valence-corrected chi connectivity index (χ3v) is 3.04. The van der Waals surface area contributed by atoms with E-state index in [0.29, 0.717) is 0 Å². The van der Waals surface area contributed by atoms with Gasteiger partial charge >= 0.3 is 0 Å². The Balaban J connectivity index is 1.98. The number of pyridine rings is 1. The third kappa shape index (κ3) is 3.08. The molecule has 1 aliphatic rings. The second-order valence-corrected chi connectivity index (χ2v) is 4.57. The van der Waals surface area contributed by atoms with Crippen molar-refractivity contribution in [3.63, 3.8) is 0 Å². The Morgan fingerprint density at radius 3 is 3.00 bits per heavy atom. The van der Waals surface area contributed by atoms with Crippen molar-refractivity contribution in [1.82, 2.24) is 9.88 Å². The maximum absolute atomic E-state index is 5.41. The Morgan fingerprint density at radius 2 is 2.38 bits per heavy atom. The van der Waals surface area contributed by atoms with E-state index in [1.165, 1.54) is 18.4 Å². The lowest BCUT2D eigenvalue weighted by atomic mass is 10.2. The first kappa shape index (κ1) is 11.2. The minimum Gasteiger partial charge on any atom is -0.288 e. The molecular formula is C14H18N2. The van der Waals surface area contributed by atoms with Crippen molar-refractivity contribution in [3.05, 3.63) is 29.6 Å². The van der Waals surface area contributed by atoms with Gasteiger partial charge in [-0.3, -0.25) is 9.88 Å². The van der Waals surface area contributed by atoms with E-state index >= 15 is 0 Å². The molecule has 2 rings (SSSR count). The van der Waals surface area contributed by atoms with Gasteiger partial charge in [0.2, 0.25) is 0 Å². The van der Waals surface area contributed by atoms with Crippen LogP contribution in [0, 0.1) is 25.2 Å². The van der Waals surface area contributed by atoms with Crippen molar-refractivity contribution < 1.29 is 0 Å². The Labute approximate surface area is 97.7 Å². The van der Waals surface area contributed by atoms with Gasteiger partial charge in [-0.25, -0.2) is 0 Å². The predicted molar refractivity (Wildman–Crippen MR) is 65.8 cm³/mol. The maximum Gasteiger partial charge on any atom is 0.0601 e. The highest BCUT2D eigenvalue weighted by atomic mass is 15.1. The molecule has 16 heavy (non-hydrogen) atoms. The van der Waals surface area contributed by atoms with Gasteiger partial charge in [0.25, 0.3) is 0 Å². The molecule has 0 aliphatic heterocycles. The summed E-state index contributed by atoms with van der Waals surface area (Å²) >= 11 is 0. The van der Waals surface area contributed by atoms with E-state index < -0.39 is 0 Å². The summed E-state index contributed by atoms with van der Waals surface area (Å²) in [5.41, 5.74) is 2.40. The molecule has 1 aromatic rings. The van der Waals surface area contributed by atoms with Gasteiger partial charge in [0.1, 0.15) is 0 Å². The van der Waals surface area contributed by atoms with E-state index in [4.69, 9.17) is 6.42 Å². The van der Waals surface area contributed by atoms with Gasteiger partial charge < -0.3 is 0 Å². The smallest absolute Gasteiger partial charge is 0.0601 e. The Morgan fingerprint density at radius 1 is 1.56 bits per heavy atom. The molecule has 0 N–H and O–H groups in total. The molecule has 1 fully saturated rings. The lowest BCUT2D eigenvalue weighted by Gasteiger charge is -2.20. The fourth-order valence-corrected chi connectivity index (χ4v) is 1.91. The average Bonchev–Trinajstić information content (AvgIpc) is 3.06. The minimum absolute atomic E-state index is 0.741. The summed E-state index contributed by atoms with van der Waals surface area (Å²) in [6.07, 6.45) is 9.98. The minimum atomic E-state index is 0.741. The second-order valence-electron chi connectivity index (χ2n) is 4.57. The standard InChI is InChI=1S/C14H18N2/c1-3-9-16(10-13-6-7-13)11-14-5-4-8-15-12(14)2/h1,4-5,8,13H,6-7,9-11H2,2H3. The van der Waals surface area contributed by atoms with Crippen molar-refractivity contribution in [2.24, 2.45) is 5.92 Å². The van der Waals surface area contributed by atoms with Crippen LogP contribution in [0.4, 0.5) is 0 Å². The molecule has 84 valence electrons. The molecule has 1 aliphatic carbocycles. The summed E-state index contributed by atoms with van der Waals surface area (Å²) in [6.45, 7) is 4.87. The first-order chi connectivity index (χ1) is 7.79. The lowest BCUT2D eigenvalue weighted by molar-refractivity contribution is 0.285. The molecule has 1 saturated carbocycles. The van der Waals surface area contributed by atoms with Crippen molar-refractivity contribution in [1.29, 1.82) is 0 Å². The van der Waals surface area contributed by atoms with Gasteiger partial charge in [-0.15, -0.1) is 6.42 Å². The molecule has 0 unspecified atom stereocenters. The van der Waals surface area contributed by atoms with Crippen molar-refractivity contribution in [3.8, 4) is 12.3 Å². The topological polar surface area (TPSA) is 16.1 Å². The van der Waals surface area contributed by atoms with Crippen molar-refractivity contribution in [2.75, 3.05) is 13.1 Å². The number of hydrogen-bond acceptors (Lipinski definition) is 2. The fourth-order valence-electron chi connectivity index (χ4n) is 1.91. The van der Waals surface area contributed by atoms with Crippen LogP contribution in [0.25, 0.3) is 0 Å². The normalized spacial score (nSPS) is 15.1. The van der Waals surface area contributed by atoms with Crippen LogP contribution in [0.3, 0.4) is 0 Å². The zero-order valence-electron chi connectivity index (χ0n) is 9.82. The highest BCUT2D eigenvalue weighted by Gasteiger charge is 2.24. The Kier molecular flexibility index (Phi) is 3.58. The fraction of sp³-hybridized carbons (Fsp3) is 0.500. The second kappa shape index (κ2) is 5.14. The molecule has 0 radical (unpaired) electrons. The largest absolute Gasteiger partial charge is 0.288 e. The molecule has 1 heterocycles. The van der Waals surface area contributed by atoms with Crippen molar-refractivity contribution in [2.45, 2.75) is 26.3 Å². The maximum atomic E-state index is 5.41.